The number of quaternary nitrogens is 1. The van der Waals surface area contributed by atoms with Crippen LogP contribution in [0.15, 0.2) is 30.3 Å². The minimum absolute atomic E-state index is 0.174. The number of nitrogens with zero attached hydrogens (tertiary/aromatic N) is 1. The number of amides is 2. The molecule has 32 heavy (non-hydrogen) atoms. The van der Waals surface area contributed by atoms with Gasteiger partial charge in [0.2, 0.25) is 5.66 Å². The monoisotopic (exact) mass is 450 g/mol. The molecule has 11 heteroatoms. The van der Waals surface area contributed by atoms with Gasteiger partial charge in [-0.05, 0) is 15.6 Å². The Morgan fingerprint density at radius 2 is 1.66 bits per heavy atom. The predicted molar refractivity (Wildman–Crippen MR) is 104 cm³/mol. The van der Waals surface area contributed by atoms with Gasteiger partial charge < -0.3 is 19.4 Å². The number of carboxylic acids is 1. The van der Waals surface area contributed by atoms with Crippen molar-refractivity contribution >= 4 is 29.9 Å². The number of nitrogens with two attached hydrogens (primary N) is 1. The number of imide groups is 1. The van der Waals surface area contributed by atoms with Crippen LogP contribution in [0.3, 0.4) is 0 Å². The molecule has 11 nitrogen and oxygen atoms in total. The fourth-order valence-corrected chi connectivity index (χ4v) is 3.42. The second-order valence-corrected chi connectivity index (χ2v) is 8.70. The van der Waals surface area contributed by atoms with E-state index in [4.69, 9.17) is 15.2 Å². The highest BCUT2D eigenvalue weighted by Crippen LogP contribution is 2.39. The van der Waals surface area contributed by atoms with E-state index in [2.05, 4.69) is 0 Å². The molecule has 0 bridgehead atoms. The van der Waals surface area contributed by atoms with Gasteiger partial charge in [-0.1, -0.05) is 51.1 Å². The molecule has 1 saturated heterocycles. The van der Waals surface area contributed by atoms with E-state index in [0.29, 0.717) is 5.56 Å². The van der Waals surface area contributed by atoms with Gasteiger partial charge in [-0.15, -0.1) is 0 Å². The maximum atomic E-state index is 12.7. The zero-order valence-corrected chi connectivity index (χ0v) is 18.0. The SMILES string of the molecule is CC(C)(C)C(C[C@](N)(C(=O)[O-])[N+]1(O)C(=O)CCC1=O)C(=O)OC(=O)OCc1ccccc1. The van der Waals surface area contributed by atoms with Gasteiger partial charge >= 0.3 is 23.9 Å². The van der Waals surface area contributed by atoms with Gasteiger partial charge in [0.15, 0.2) is 0 Å². The van der Waals surface area contributed by atoms with Crippen LogP contribution >= 0.6 is 0 Å². The molecular weight excluding hydrogens is 424 g/mol. The Hall–Kier alpha value is -3.15. The average molecular weight is 450 g/mol. The van der Waals surface area contributed by atoms with E-state index in [1.165, 1.54) is 20.8 Å². The van der Waals surface area contributed by atoms with Crippen molar-refractivity contribution in [2.45, 2.75) is 52.3 Å². The van der Waals surface area contributed by atoms with Gasteiger partial charge in [0.05, 0.1) is 18.8 Å². The largest absolute Gasteiger partial charge is 0.542 e. The Bertz CT molecular complexity index is 907. The highest BCUT2D eigenvalue weighted by atomic mass is 16.7. The third-order valence-electron chi connectivity index (χ3n) is 5.43. The normalized spacial score (nSPS) is 18.5. The first-order valence-electron chi connectivity index (χ1n) is 9.85. The highest BCUT2D eigenvalue weighted by molar-refractivity contribution is 5.95. The summed E-state index contributed by atoms with van der Waals surface area (Å²) in [6, 6.07) is 8.58. The minimum atomic E-state index is -2.98. The lowest BCUT2D eigenvalue weighted by atomic mass is 9.75. The van der Waals surface area contributed by atoms with E-state index in [9.17, 15) is 34.3 Å². The second kappa shape index (κ2) is 9.15. The molecule has 0 saturated carbocycles. The van der Waals surface area contributed by atoms with Crippen LogP contribution in [-0.2, 0) is 35.3 Å². The van der Waals surface area contributed by atoms with Crippen molar-refractivity contribution in [1.82, 2.24) is 0 Å². The Morgan fingerprint density at radius 1 is 1.12 bits per heavy atom. The van der Waals surface area contributed by atoms with Crippen LogP contribution in [-0.4, -0.2) is 45.4 Å². The Balaban J connectivity index is 2.24. The molecule has 1 aromatic rings. The van der Waals surface area contributed by atoms with Crippen molar-refractivity contribution in [1.29, 1.82) is 0 Å². The molecule has 1 aliphatic rings. The quantitative estimate of drug-likeness (QED) is 0.194. The number of esters is 1. The maximum absolute atomic E-state index is 12.7. The summed E-state index contributed by atoms with van der Waals surface area (Å²) in [5, 5.41) is 22.6. The summed E-state index contributed by atoms with van der Waals surface area (Å²) in [4.78, 5) is 61.0. The molecule has 0 spiro atoms. The summed E-state index contributed by atoms with van der Waals surface area (Å²) in [6.45, 7) is 4.41. The van der Waals surface area contributed by atoms with Crippen LogP contribution in [0, 0.1) is 11.3 Å². The van der Waals surface area contributed by atoms with E-state index < -0.39 is 70.8 Å². The molecule has 0 aliphatic carbocycles. The number of carbonyl (C=O) groups excluding carboxylic acids is 5. The third-order valence-corrected chi connectivity index (χ3v) is 5.43. The van der Waals surface area contributed by atoms with Crippen LogP contribution in [0.4, 0.5) is 4.79 Å². The zero-order chi connectivity index (χ0) is 24.3. The van der Waals surface area contributed by atoms with E-state index in [-0.39, 0.29) is 6.61 Å². The summed E-state index contributed by atoms with van der Waals surface area (Å²) >= 11 is 0. The number of ether oxygens (including phenoxy) is 2. The van der Waals surface area contributed by atoms with Crippen LogP contribution in [0.2, 0.25) is 0 Å². The molecule has 2 atom stereocenters. The maximum Gasteiger partial charge on any atom is 0.516 e. The number of hydrogen-bond acceptors (Lipinski definition) is 10. The van der Waals surface area contributed by atoms with Gasteiger partial charge in [-0.2, -0.15) is 5.21 Å². The van der Waals surface area contributed by atoms with Crippen LogP contribution in [0.5, 0.6) is 0 Å². The Kier molecular flexibility index (Phi) is 7.18. The number of rotatable bonds is 7. The smallest absolute Gasteiger partial charge is 0.516 e. The molecule has 1 aliphatic heterocycles. The van der Waals surface area contributed by atoms with Crippen molar-refractivity contribution in [2.24, 2.45) is 17.1 Å². The van der Waals surface area contributed by atoms with Gasteiger partial charge in [-0.3, -0.25) is 10.5 Å². The number of hydrogen-bond donors (Lipinski definition) is 2. The van der Waals surface area contributed by atoms with E-state index in [1.54, 1.807) is 30.3 Å². The Labute approximate surface area is 184 Å². The summed E-state index contributed by atoms with van der Waals surface area (Å²) in [5.41, 5.74) is 2.47. The number of hydroxylamine groups is 3. The van der Waals surface area contributed by atoms with Gasteiger partial charge in [0, 0.05) is 6.42 Å². The molecular formula is C21H26N2O9. The minimum Gasteiger partial charge on any atom is -0.542 e. The van der Waals surface area contributed by atoms with E-state index in [0.717, 1.165) is 0 Å². The van der Waals surface area contributed by atoms with Gasteiger partial charge in [-0.25, -0.2) is 14.4 Å². The predicted octanol–water partition coefficient (Wildman–Crippen LogP) is 0.377. The standard InChI is InChI=1S/C21H26N2O9/c1-20(2,3)14(17(26)32-19(29)31-12-13-7-5-4-6-8-13)11-21(22,18(27)28)23(30)15(24)9-10-16(23)25/h4-8,14,30H,9-12,22H2,1-3H3/t14?,21-/m1/s1. The molecule has 1 fully saturated rings. The lowest BCUT2D eigenvalue weighted by molar-refractivity contribution is -1.01. The molecule has 1 aromatic carbocycles. The molecule has 1 unspecified atom stereocenters. The lowest BCUT2D eigenvalue weighted by Gasteiger charge is -2.42. The molecule has 0 radical (unpaired) electrons. The first-order valence-corrected chi connectivity index (χ1v) is 9.85. The number of carbonyl (C=O) groups is 5. The Morgan fingerprint density at radius 3 is 2.12 bits per heavy atom. The number of carboxylic acid groups (broad SMARTS) is 1. The van der Waals surface area contributed by atoms with Crippen LogP contribution < -0.4 is 10.8 Å². The van der Waals surface area contributed by atoms with Gasteiger partial charge in [0.1, 0.15) is 12.6 Å². The summed E-state index contributed by atoms with van der Waals surface area (Å²) in [6.07, 6.45) is -3.08. The molecule has 0 aromatic heterocycles. The summed E-state index contributed by atoms with van der Waals surface area (Å²) < 4.78 is 7.37. The number of benzene rings is 1. The lowest BCUT2D eigenvalue weighted by Crippen LogP contribution is -2.77. The van der Waals surface area contributed by atoms with Crippen molar-refractivity contribution in [3.8, 4) is 0 Å². The van der Waals surface area contributed by atoms with Crippen molar-refractivity contribution in [3.05, 3.63) is 35.9 Å². The second-order valence-electron chi connectivity index (χ2n) is 8.70. The van der Waals surface area contributed by atoms with E-state index in [1.807, 2.05) is 0 Å². The van der Waals surface area contributed by atoms with Gasteiger partial charge in [0.25, 0.3) is 0 Å². The molecule has 174 valence electrons. The highest BCUT2D eigenvalue weighted by Gasteiger charge is 2.65. The number of aliphatic carboxylic acids is 1. The summed E-state index contributed by atoms with van der Waals surface area (Å²) in [7, 11) is 0. The molecule has 2 rings (SSSR count). The van der Waals surface area contributed by atoms with Crippen LogP contribution in [0.1, 0.15) is 45.6 Å². The van der Waals surface area contributed by atoms with Crippen molar-refractivity contribution in [2.75, 3.05) is 0 Å². The number of likely N-dealkylation sites (tertiary alicyclic amines) is 1. The fraction of sp³-hybridized carbons (Fsp3) is 0.476. The molecule has 3 N–H and O–H groups in total. The average Bonchev–Trinajstić information content (AvgIpc) is 2.98. The molecule has 2 amide bonds. The van der Waals surface area contributed by atoms with E-state index >= 15 is 0 Å². The third kappa shape index (κ3) is 4.85. The topological polar surface area (TPSA) is 173 Å². The van der Waals surface area contributed by atoms with Crippen LogP contribution in [0.25, 0.3) is 0 Å². The molecule has 1 heterocycles. The van der Waals surface area contributed by atoms with Crippen molar-refractivity contribution in [3.63, 3.8) is 0 Å². The first-order chi connectivity index (χ1) is 14.7. The fourth-order valence-electron chi connectivity index (χ4n) is 3.42. The summed E-state index contributed by atoms with van der Waals surface area (Å²) in [5.74, 6) is -7.01. The zero-order valence-electron chi connectivity index (χ0n) is 18.0. The van der Waals surface area contributed by atoms with Crippen molar-refractivity contribution < 1.29 is 48.4 Å². The first kappa shape index (κ1) is 25.1.